The lowest BCUT2D eigenvalue weighted by atomic mass is 10.0. The Labute approximate surface area is 150 Å². The lowest BCUT2D eigenvalue weighted by Crippen LogP contribution is -2.30. The van der Waals surface area contributed by atoms with Gasteiger partial charge < -0.3 is 9.84 Å². The molecule has 0 saturated heterocycles. The van der Waals surface area contributed by atoms with Gasteiger partial charge in [-0.3, -0.25) is 9.59 Å². The quantitative estimate of drug-likeness (QED) is 0.662. The summed E-state index contributed by atoms with van der Waals surface area (Å²) in [7, 11) is 0. The number of rotatable bonds is 6. The van der Waals surface area contributed by atoms with Crippen LogP contribution in [0.25, 0.3) is 10.8 Å². The number of nitrogens with one attached hydrogen (secondary N) is 2. The molecule has 3 rings (SSSR count). The van der Waals surface area contributed by atoms with Crippen molar-refractivity contribution in [1.82, 2.24) is 20.7 Å². The van der Waals surface area contributed by atoms with Crippen LogP contribution in [-0.2, 0) is 11.2 Å². The molecule has 136 valence electrons. The molecular weight excluding hydrogens is 332 g/mol. The van der Waals surface area contributed by atoms with E-state index in [9.17, 15) is 9.59 Å². The predicted octanol–water partition coefficient (Wildman–Crippen LogP) is 2.38. The highest BCUT2D eigenvalue weighted by Crippen LogP contribution is 2.21. The van der Waals surface area contributed by atoms with Gasteiger partial charge in [-0.1, -0.05) is 23.4 Å². The number of amides is 1. The summed E-state index contributed by atoms with van der Waals surface area (Å²) in [4.78, 5) is 24.4. The molecule has 0 aliphatic carbocycles. The molecule has 1 aromatic carbocycles. The normalized spacial score (nSPS) is 12.3. The van der Waals surface area contributed by atoms with Crippen molar-refractivity contribution in [3.8, 4) is 0 Å². The van der Waals surface area contributed by atoms with Crippen molar-refractivity contribution >= 4 is 16.7 Å². The maximum Gasteiger partial charge on any atom is 0.272 e. The molecule has 7 nitrogen and oxygen atoms in total. The van der Waals surface area contributed by atoms with E-state index in [0.717, 1.165) is 29.9 Å². The van der Waals surface area contributed by atoms with Crippen LogP contribution in [0, 0.1) is 13.8 Å². The monoisotopic (exact) mass is 354 g/mol. The summed E-state index contributed by atoms with van der Waals surface area (Å²) in [6.07, 6.45) is 1.59. The molecule has 0 saturated carbocycles. The summed E-state index contributed by atoms with van der Waals surface area (Å²) >= 11 is 0. The first-order chi connectivity index (χ1) is 12.5. The largest absolute Gasteiger partial charge is 0.361 e. The second-order valence-electron chi connectivity index (χ2n) is 6.40. The summed E-state index contributed by atoms with van der Waals surface area (Å²) in [5.41, 5.74) is 2.31. The van der Waals surface area contributed by atoms with E-state index in [1.165, 1.54) is 0 Å². The van der Waals surface area contributed by atoms with Crippen LogP contribution in [0.2, 0.25) is 0 Å². The lowest BCUT2D eigenvalue weighted by molar-refractivity contribution is -0.122. The third-order valence-electron chi connectivity index (χ3n) is 4.61. The Bertz CT molecular complexity index is 970. The Morgan fingerprint density at radius 1 is 1.27 bits per heavy atom. The summed E-state index contributed by atoms with van der Waals surface area (Å²) in [5, 5.41) is 14.7. The highest BCUT2D eigenvalue weighted by atomic mass is 16.5. The summed E-state index contributed by atoms with van der Waals surface area (Å²) in [6, 6.07) is 7.17. The fraction of sp³-hybridized carbons (Fsp3) is 0.368. The van der Waals surface area contributed by atoms with Gasteiger partial charge in [0.25, 0.3) is 5.56 Å². The van der Waals surface area contributed by atoms with Gasteiger partial charge in [-0.2, -0.15) is 5.10 Å². The number of aromatic nitrogens is 3. The van der Waals surface area contributed by atoms with Crippen LogP contribution < -0.4 is 10.9 Å². The maximum absolute atomic E-state index is 12.5. The average Bonchev–Trinajstić information content (AvgIpc) is 2.97. The zero-order valence-electron chi connectivity index (χ0n) is 15.1. The van der Waals surface area contributed by atoms with Gasteiger partial charge in [-0.15, -0.1) is 0 Å². The van der Waals surface area contributed by atoms with Gasteiger partial charge >= 0.3 is 0 Å². The van der Waals surface area contributed by atoms with Crippen LogP contribution in [0.15, 0.2) is 33.6 Å². The molecule has 0 aliphatic heterocycles. The van der Waals surface area contributed by atoms with Gasteiger partial charge in [-0.05, 0) is 39.7 Å². The first-order valence-corrected chi connectivity index (χ1v) is 8.65. The molecule has 7 heteroatoms. The highest BCUT2D eigenvalue weighted by molar-refractivity contribution is 5.90. The second kappa shape index (κ2) is 7.51. The van der Waals surface area contributed by atoms with Crippen LogP contribution in [0.5, 0.6) is 0 Å². The number of fused-ring (bicyclic) bond motifs is 1. The van der Waals surface area contributed by atoms with E-state index in [2.05, 4.69) is 20.7 Å². The Hall–Kier alpha value is -2.96. The van der Waals surface area contributed by atoms with E-state index >= 15 is 0 Å². The Balaban J connectivity index is 1.64. The number of nitrogens with zero attached hydrogens (tertiary/aromatic N) is 2. The summed E-state index contributed by atoms with van der Waals surface area (Å²) in [6.45, 7) is 6.15. The number of hydrogen-bond donors (Lipinski definition) is 2. The molecule has 26 heavy (non-hydrogen) atoms. The molecule has 1 amide bonds. The molecule has 0 aliphatic rings. The van der Waals surface area contributed by atoms with Crippen molar-refractivity contribution < 1.29 is 9.32 Å². The Kier molecular flexibility index (Phi) is 5.16. The maximum atomic E-state index is 12.5. The second-order valence-corrected chi connectivity index (χ2v) is 6.40. The van der Waals surface area contributed by atoms with E-state index in [-0.39, 0.29) is 11.5 Å². The first kappa shape index (κ1) is 17.8. The lowest BCUT2D eigenvalue weighted by Gasteiger charge is -2.13. The van der Waals surface area contributed by atoms with Gasteiger partial charge in [0.05, 0.1) is 22.7 Å². The number of benzene rings is 1. The molecular formula is C19H22N4O3. The molecule has 2 aromatic heterocycles. The van der Waals surface area contributed by atoms with Crippen LogP contribution in [0.3, 0.4) is 0 Å². The minimum absolute atomic E-state index is 0.117. The predicted molar refractivity (Wildman–Crippen MR) is 98.1 cm³/mol. The third kappa shape index (κ3) is 3.51. The first-order valence-electron chi connectivity index (χ1n) is 8.65. The van der Waals surface area contributed by atoms with Crippen molar-refractivity contribution in [1.29, 1.82) is 0 Å². The van der Waals surface area contributed by atoms with Gasteiger partial charge in [-0.25, -0.2) is 5.10 Å². The van der Waals surface area contributed by atoms with E-state index in [1.807, 2.05) is 26.0 Å². The number of carbonyl (C=O) groups is 1. The van der Waals surface area contributed by atoms with E-state index in [0.29, 0.717) is 23.0 Å². The van der Waals surface area contributed by atoms with Crippen LogP contribution in [0.1, 0.15) is 42.0 Å². The standard InChI is InChI=1S/C19H22N4O3/c1-11(17-15-7-4-5-8-16(15)19(25)22-21-17)18(24)20-10-6-9-14-12(2)23-26-13(14)3/h4-5,7-8,11H,6,9-10H2,1-3H3,(H,20,24)(H,22,25). The molecule has 2 N–H and O–H groups in total. The minimum Gasteiger partial charge on any atom is -0.361 e. The zero-order valence-corrected chi connectivity index (χ0v) is 15.1. The van der Waals surface area contributed by atoms with Crippen LogP contribution in [0.4, 0.5) is 0 Å². The van der Waals surface area contributed by atoms with E-state index in [4.69, 9.17) is 4.52 Å². The van der Waals surface area contributed by atoms with Crippen LogP contribution in [-0.4, -0.2) is 27.8 Å². The number of aryl methyl sites for hydroxylation is 2. The summed E-state index contributed by atoms with van der Waals surface area (Å²) in [5.74, 6) is 0.246. The fourth-order valence-electron chi connectivity index (χ4n) is 3.08. The molecule has 0 fully saturated rings. The Morgan fingerprint density at radius 3 is 2.69 bits per heavy atom. The van der Waals surface area contributed by atoms with Crippen molar-refractivity contribution in [2.45, 2.75) is 39.5 Å². The Morgan fingerprint density at radius 2 is 2.00 bits per heavy atom. The van der Waals surface area contributed by atoms with Crippen molar-refractivity contribution in [3.05, 3.63) is 57.3 Å². The third-order valence-corrected chi connectivity index (χ3v) is 4.61. The molecule has 1 unspecified atom stereocenters. The molecule has 0 radical (unpaired) electrons. The number of H-pyrrole nitrogens is 1. The van der Waals surface area contributed by atoms with Gasteiger partial charge in [0, 0.05) is 17.5 Å². The van der Waals surface area contributed by atoms with Crippen molar-refractivity contribution in [2.75, 3.05) is 6.54 Å². The SMILES string of the molecule is Cc1noc(C)c1CCCNC(=O)C(C)c1n[nH]c(=O)c2ccccc12. The molecule has 3 aromatic rings. The smallest absolute Gasteiger partial charge is 0.272 e. The van der Waals surface area contributed by atoms with Gasteiger partial charge in [0.15, 0.2) is 0 Å². The van der Waals surface area contributed by atoms with Gasteiger partial charge in [0.1, 0.15) is 5.76 Å². The molecule has 1 atom stereocenters. The number of carbonyl (C=O) groups excluding carboxylic acids is 1. The highest BCUT2D eigenvalue weighted by Gasteiger charge is 2.20. The van der Waals surface area contributed by atoms with Crippen molar-refractivity contribution in [2.24, 2.45) is 0 Å². The van der Waals surface area contributed by atoms with Crippen LogP contribution >= 0.6 is 0 Å². The van der Waals surface area contributed by atoms with E-state index < -0.39 is 5.92 Å². The summed E-state index contributed by atoms with van der Waals surface area (Å²) < 4.78 is 5.15. The number of hydrogen-bond acceptors (Lipinski definition) is 5. The molecule has 0 bridgehead atoms. The van der Waals surface area contributed by atoms with Crippen molar-refractivity contribution in [3.63, 3.8) is 0 Å². The minimum atomic E-state index is -0.462. The average molecular weight is 354 g/mol. The topological polar surface area (TPSA) is 101 Å². The molecule has 0 spiro atoms. The number of aromatic amines is 1. The zero-order chi connectivity index (χ0) is 18.7. The molecule has 2 heterocycles. The fourth-order valence-corrected chi connectivity index (χ4v) is 3.08. The van der Waals surface area contributed by atoms with Gasteiger partial charge in [0.2, 0.25) is 5.91 Å². The van der Waals surface area contributed by atoms with E-state index in [1.54, 1.807) is 19.1 Å².